The van der Waals surface area contributed by atoms with Gasteiger partial charge < -0.3 is 10.9 Å². The molecule has 0 aliphatic heterocycles. The topological polar surface area (TPSA) is 53.0 Å². The number of halogens is 1. The summed E-state index contributed by atoms with van der Waals surface area (Å²) in [4.78, 5) is 0. The molecule has 2 aromatic rings. The standard InChI is InChI=1S/C11H9FN2O/c12-9-5-2-1-4-8(9)11-10(13)6-3-7-14(11)15/h1-7H,13H2. The largest absolute Gasteiger partial charge is 0.618 e. The van der Waals surface area contributed by atoms with Gasteiger partial charge in [-0.2, -0.15) is 4.73 Å². The van der Waals surface area contributed by atoms with Crippen molar-refractivity contribution < 1.29 is 9.12 Å². The number of anilines is 1. The lowest BCUT2D eigenvalue weighted by Crippen LogP contribution is -2.29. The normalized spacial score (nSPS) is 10.2. The van der Waals surface area contributed by atoms with Gasteiger partial charge in [-0.25, -0.2) is 4.39 Å². The Hall–Kier alpha value is -2.10. The van der Waals surface area contributed by atoms with Crippen LogP contribution in [0.5, 0.6) is 0 Å². The molecule has 0 saturated heterocycles. The summed E-state index contributed by atoms with van der Waals surface area (Å²) in [5.41, 5.74) is 6.26. The Bertz CT molecular complexity index is 479. The fourth-order valence-electron chi connectivity index (χ4n) is 1.43. The smallest absolute Gasteiger partial charge is 0.249 e. The Balaban J connectivity index is 2.69. The summed E-state index contributed by atoms with van der Waals surface area (Å²) in [7, 11) is 0. The van der Waals surface area contributed by atoms with Crippen LogP contribution in [0.2, 0.25) is 0 Å². The molecule has 0 radical (unpaired) electrons. The molecule has 0 amide bonds. The molecule has 76 valence electrons. The second-order valence-electron chi connectivity index (χ2n) is 3.12. The molecule has 0 spiro atoms. The van der Waals surface area contributed by atoms with Gasteiger partial charge in [-0.1, -0.05) is 12.1 Å². The number of nitrogen functional groups attached to an aromatic ring is 1. The monoisotopic (exact) mass is 204 g/mol. The van der Waals surface area contributed by atoms with E-state index in [9.17, 15) is 9.60 Å². The molecule has 0 atom stereocenters. The molecule has 0 aliphatic carbocycles. The van der Waals surface area contributed by atoms with Crippen LogP contribution in [0.4, 0.5) is 10.1 Å². The van der Waals surface area contributed by atoms with E-state index in [1.54, 1.807) is 18.2 Å². The lowest BCUT2D eigenvalue weighted by molar-refractivity contribution is -0.593. The molecule has 0 fully saturated rings. The predicted octanol–water partition coefficient (Wildman–Crippen LogP) is 1.71. The minimum absolute atomic E-state index is 0.149. The van der Waals surface area contributed by atoms with Gasteiger partial charge in [0.25, 0.3) is 0 Å². The van der Waals surface area contributed by atoms with E-state index in [-0.39, 0.29) is 16.9 Å². The van der Waals surface area contributed by atoms with Crippen molar-refractivity contribution in [1.82, 2.24) is 0 Å². The molecule has 4 heteroatoms. The number of nitrogens with two attached hydrogens (primary N) is 1. The van der Waals surface area contributed by atoms with Crippen molar-refractivity contribution in [2.75, 3.05) is 5.73 Å². The maximum absolute atomic E-state index is 13.4. The Kier molecular flexibility index (Phi) is 2.25. The van der Waals surface area contributed by atoms with Gasteiger partial charge in [-0.05, 0) is 18.2 Å². The number of pyridine rings is 1. The van der Waals surface area contributed by atoms with Crippen LogP contribution in [0.25, 0.3) is 11.3 Å². The average molecular weight is 204 g/mol. The number of hydrogen-bond donors (Lipinski definition) is 1. The van der Waals surface area contributed by atoms with Crippen LogP contribution in [0.15, 0.2) is 42.6 Å². The number of benzene rings is 1. The molecule has 0 unspecified atom stereocenters. The zero-order chi connectivity index (χ0) is 10.8. The summed E-state index contributed by atoms with van der Waals surface area (Å²) in [5, 5.41) is 11.5. The van der Waals surface area contributed by atoms with Gasteiger partial charge in [-0.3, -0.25) is 0 Å². The first-order valence-electron chi connectivity index (χ1n) is 4.42. The highest BCUT2D eigenvalue weighted by molar-refractivity contribution is 5.69. The van der Waals surface area contributed by atoms with Crippen molar-refractivity contribution in [3.8, 4) is 11.3 Å². The summed E-state index contributed by atoms with van der Waals surface area (Å²) in [6, 6.07) is 9.12. The van der Waals surface area contributed by atoms with E-state index in [2.05, 4.69) is 0 Å². The third-order valence-corrected chi connectivity index (χ3v) is 2.12. The van der Waals surface area contributed by atoms with Gasteiger partial charge in [0.15, 0.2) is 6.20 Å². The van der Waals surface area contributed by atoms with Crippen LogP contribution in [0.3, 0.4) is 0 Å². The molecule has 1 aromatic heterocycles. The lowest BCUT2D eigenvalue weighted by Gasteiger charge is -2.07. The first-order chi connectivity index (χ1) is 7.20. The molecule has 1 aromatic carbocycles. The zero-order valence-electron chi connectivity index (χ0n) is 7.85. The second-order valence-corrected chi connectivity index (χ2v) is 3.12. The van der Waals surface area contributed by atoms with E-state index in [1.165, 1.54) is 24.4 Å². The van der Waals surface area contributed by atoms with Crippen molar-refractivity contribution in [1.29, 1.82) is 0 Å². The van der Waals surface area contributed by atoms with Crippen LogP contribution in [0, 0.1) is 11.0 Å². The van der Waals surface area contributed by atoms with Gasteiger partial charge in [-0.15, -0.1) is 0 Å². The maximum atomic E-state index is 13.4. The summed E-state index contributed by atoms with van der Waals surface area (Å²) < 4.78 is 14.0. The lowest BCUT2D eigenvalue weighted by atomic mass is 10.1. The molecule has 2 rings (SSSR count). The highest BCUT2D eigenvalue weighted by Crippen LogP contribution is 2.23. The minimum atomic E-state index is -0.458. The second kappa shape index (κ2) is 3.57. The third kappa shape index (κ3) is 1.61. The molecule has 0 aliphatic rings. The number of aromatic nitrogens is 1. The molecule has 2 N–H and O–H groups in total. The maximum Gasteiger partial charge on any atom is 0.249 e. The molecular weight excluding hydrogens is 195 g/mol. The van der Waals surface area contributed by atoms with Crippen LogP contribution >= 0.6 is 0 Å². The number of rotatable bonds is 1. The number of hydrogen-bond acceptors (Lipinski definition) is 2. The van der Waals surface area contributed by atoms with E-state index >= 15 is 0 Å². The number of nitrogens with zero attached hydrogens (tertiary/aromatic N) is 1. The third-order valence-electron chi connectivity index (χ3n) is 2.12. The molecule has 0 bridgehead atoms. The molecule has 0 saturated carbocycles. The van der Waals surface area contributed by atoms with Crippen molar-refractivity contribution in [2.45, 2.75) is 0 Å². The van der Waals surface area contributed by atoms with Crippen LogP contribution in [-0.2, 0) is 0 Å². The first kappa shape index (κ1) is 9.45. The van der Waals surface area contributed by atoms with Gasteiger partial charge in [0.05, 0.1) is 5.56 Å². The van der Waals surface area contributed by atoms with Gasteiger partial charge in [0.1, 0.15) is 11.5 Å². The van der Waals surface area contributed by atoms with E-state index in [1.807, 2.05) is 0 Å². The highest BCUT2D eigenvalue weighted by atomic mass is 19.1. The highest BCUT2D eigenvalue weighted by Gasteiger charge is 2.16. The minimum Gasteiger partial charge on any atom is -0.618 e. The SMILES string of the molecule is Nc1ccc[n+]([O-])c1-c1ccccc1F. The summed E-state index contributed by atoms with van der Waals surface area (Å²) >= 11 is 0. The predicted molar refractivity (Wildman–Crippen MR) is 55.2 cm³/mol. The molecule has 15 heavy (non-hydrogen) atoms. The zero-order valence-corrected chi connectivity index (χ0v) is 7.85. The molecule has 1 heterocycles. The van der Waals surface area contributed by atoms with E-state index in [0.717, 1.165) is 0 Å². The van der Waals surface area contributed by atoms with Crippen molar-refractivity contribution in [3.05, 3.63) is 53.6 Å². The first-order valence-corrected chi connectivity index (χ1v) is 4.42. The molecular formula is C11H9FN2O. The summed E-state index contributed by atoms with van der Waals surface area (Å²) in [6.07, 6.45) is 1.29. The average Bonchev–Trinajstić information content (AvgIpc) is 2.20. The summed E-state index contributed by atoms with van der Waals surface area (Å²) in [5.74, 6) is -0.458. The summed E-state index contributed by atoms with van der Waals surface area (Å²) in [6.45, 7) is 0. The fourth-order valence-corrected chi connectivity index (χ4v) is 1.43. The fraction of sp³-hybridized carbons (Fsp3) is 0. The van der Waals surface area contributed by atoms with Gasteiger partial charge >= 0.3 is 0 Å². The van der Waals surface area contributed by atoms with Crippen LogP contribution in [-0.4, -0.2) is 0 Å². The quantitative estimate of drug-likeness (QED) is 0.568. The van der Waals surface area contributed by atoms with Gasteiger partial charge in [0.2, 0.25) is 5.69 Å². The Morgan fingerprint density at radius 3 is 2.53 bits per heavy atom. The Morgan fingerprint density at radius 2 is 1.87 bits per heavy atom. The van der Waals surface area contributed by atoms with Crippen molar-refractivity contribution >= 4 is 5.69 Å². The van der Waals surface area contributed by atoms with Gasteiger partial charge in [0, 0.05) is 6.07 Å². The van der Waals surface area contributed by atoms with E-state index in [4.69, 9.17) is 5.73 Å². The van der Waals surface area contributed by atoms with Crippen LogP contribution in [0.1, 0.15) is 0 Å². The van der Waals surface area contributed by atoms with Crippen LogP contribution < -0.4 is 10.5 Å². The van der Waals surface area contributed by atoms with Crippen molar-refractivity contribution in [3.63, 3.8) is 0 Å². The Morgan fingerprint density at radius 1 is 1.13 bits per heavy atom. The van der Waals surface area contributed by atoms with Crippen molar-refractivity contribution in [2.24, 2.45) is 0 Å². The van der Waals surface area contributed by atoms with E-state index < -0.39 is 5.82 Å². The Labute approximate surface area is 86.2 Å². The van der Waals surface area contributed by atoms with E-state index in [0.29, 0.717) is 4.73 Å². The molecule has 3 nitrogen and oxygen atoms in total.